The lowest BCUT2D eigenvalue weighted by atomic mass is 10.2. The summed E-state index contributed by atoms with van der Waals surface area (Å²) in [5.41, 5.74) is 0.934. The van der Waals surface area contributed by atoms with Crippen molar-refractivity contribution in [2.45, 2.75) is 13.3 Å². The van der Waals surface area contributed by atoms with E-state index in [9.17, 15) is 4.79 Å². The summed E-state index contributed by atoms with van der Waals surface area (Å²) in [4.78, 5) is 23.4. The summed E-state index contributed by atoms with van der Waals surface area (Å²) in [6, 6.07) is 9.40. The number of carbonyl (C=O) groups excluding carboxylic acids is 1. The van der Waals surface area contributed by atoms with Crippen LogP contribution in [-0.2, 0) is 11.2 Å². The highest BCUT2D eigenvalue weighted by Gasteiger charge is 2.08. The molecule has 7 nitrogen and oxygen atoms in total. The Balaban J connectivity index is 2.00. The van der Waals surface area contributed by atoms with Crippen LogP contribution in [0.25, 0.3) is 0 Å². The molecule has 0 aliphatic carbocycles. The third-order valence-electron chi connectivity index (χ3n) is 3.73. The molecule has 1 aromatic carbocycles. The maximum Gasteiger partial charge on any atom is 0.239 e. The second-order valence-electron chi connectivity index (χ2n) is 5.66. The van der Waals surface area contributed by atoms with Crippen LogP contribution in [0.3, 0.4) is 0 Å². The van der Waals surface area contributed by atoms with Crippen LogP contribution < -0.4 is 9.64 Å². The Morgan fingerprint density at radius 2 is 1.92 bits per heavy atom. The van der Waals surface area contributed by atoms with E-state index in [4.69, 9.17) is 10.00 Å². The van der Waals surface area contributed by atoms with Crippen molar-refractivity contribution in [3.05, 3.63) is 42.2 Å². The van der Waals surface area contributed by atoms with Crippen LogP contribution in [0.1, 0.15) is 12.5 Å². The van der Waals surface area contributed by atoms with Crippen LogP contribution in [0, 0.1) is 11.3 Å². The Labute approximate surface area is 147 Å². The maximum atomic E-state index is 11.3. The molecule has 0 unspecified atom stereocenters. The first-order valence-corrected chi connectivity index (χ1v) is 7.88. The number of carbonyl (C=O) groups is 1. The highest BCUT2D eigenvalue weighted by atomic mass is 16.5. The zero-order valence-electron chi connectivity index (χ0n) is 14.6. The highest BCUT2D eigenvalue weighted by Crippen LogP contribution is 2.21. The molecule has 7 heteroatoms. The standard InChI is InChI=1S/C18H21N5O2/c1-14(24)22(2)10-11-23(3)17-12-20-13-18(21-17)25-16-6-4-15(5-7-16)8-9-19/h4-7,12-13H,8,10-11H2,1-3H3. The molecule has 0 saturated carbocycles. The smallest absolute Gasteiger partial charge is 0.239 e. The minimum atomic E-state index is 0.0245. The fourth-order valence-electron chi connectivity index (χ4n) is 2.03. The molecule has 0 atom stereocenters. The van der Waals surface area contributed by atoms with E-state index in [2.05, 4.69) is 16.0 Å². The molecule has 0 N–H and O–H groups in total. The van der Waals surface area contributed by atoms with E-state index >= 15 is 0 Å². The molecule has 0 bridgehead atoms. The average Bonchev–Trinajstić information content (AvgIpc) is 2.61. The summed E-state index contributed by atoms with van der Waals surface area (Å²) >= 11 is 0. The number of ether oxygens (including phenoxy) is 1. The molecule has 25 heavy (non-hydrogen) atoms. The normalized spacial score (nSPS) is 10.0. The Morgan fingerprint density at radius 3 is 2.56 bits per heavy atom. The predicted octanol–water partition coefficient (Wildman–Crippen LogP) is 2.25. The first-order chi connectivity index (χ1) is 12.0. The molecule has 2 aromatic rings. The molecule has 1 amide bonds. The van der Waals surface area contributed by atoms with E-state index in [0.29, 0.717) is 37.0 Å². The van der Waals surface area contributed by atoms with Crippen LogP contribution >= 0.6 is 0 Å². The second kappa shape index (κ2) is 8.64. The van der Waals surface area contributed by atoms with Crippen molar-refractivity contribution in [1.82, 2.24) is 14.9 Å². The van der Waals surface area contributed by atoms with Gasteiger partial charge in [-0.2, -0.15) is 10.2 Å². The van der Waals surface area contributed by atoms with Gasteiger partial charge in [0.1, 0.15) is 5.75 Å². The molecule has 0 radical (unpaired) electrons. The van der Waals surface area contributed by atoms with E-state index in [1.807, 2.05) is 24.1 Å². The molecular formula is C18H21N5O2. The third-order valence-corrected chi connectivity index (χ3v) is 3.73. The lowest BCUT2D eigenvalue weighted by Gasteiger charge is -2.22. The minimum Gasteiger partial charge on any atom is -0.437 e. The van der Waals surface area contributed by atoms with Crippen molar-refractivity contribution in [1.29, 1.82) is 5.26 Å². The van der Waals surface area contributed by atoms with Crippen LogP contribution in [0.5, 0.6) is 11.6 Å². The fourth-order valence-corrected chi connectivity index (χ4v) is 2.03. The Hall–Kier alpha value is -3.14. The number of aromatic nitrogens is 2. The second-order valence-corrected chi connectivity index (χ2v) is 5.66. The number of nitriles is 1. The zero-order chi connectivity index (χ0) is 18.2. The summed E-state index contributed by atoms with van der Waals surface area (Å²) < 4.78 is 5.72. The van der Waals surface area contributed by atoms with E-state index in [1.165, 1.54) is 6.92 Å². The van der Waals surface area contributed by atoms with Gasteiger partial charge >= 0.3 is 0 Å². The van der Waals surface area contributed by atoms with Gasteiger partial charge in [0.05, 0.1) is 24.9 Å². The van der Waals surface area contributed by atoms with Gasteiger partial charge in [-0.05, 0) is 17.7 Å². The number of hydrogen-bond acceptors (Lipinski definition) is 6. The number of benzene rings is 1. The van der Waals surface area contributed by atoms with Crippen LogP contribution in [0.4, 0.5) is 5.82 Å². The van der Waals surface area contributed by atoms with Gasteiger partial charge in [0, 0.05) is 34.1 Å². The first kappa shape index (κ1) is 18.2. The number of nitrogens with zero attached hydrogens (tertiary/aromatic N) is 5. The largest absolute Gasteiger partial charge is 0.437 e. The van der Waals surface area contributed by atoms with Crippen LogP contribution in [-0.4, -0.2) is 48.0 Å². The van der Waals surface area contributed by atoms with Crippen molar-refractivity contribution in [2.24, 2.45) is 0 Å². The number of hydrogen-bond donors (Lipinski definition) is 0. The summed E-state index contributed by atoms with van der Waals surface area (Å²) in [7, 11) is 3.65. The average molecular weight is 339 g/mol. The summed E-state index contributed by atoms with van der Waals surface area (Å²) in [6.07, 6.45) is 3.56. The Bertz CT molecular complexity index is 755. The van der Waals surface area contributed by atoms with E-state index < -0.39 is 0 Å². The summed E-state index contributed by atoms with van der Waals surface area (Å²) in [6.45, 7) is 2.77. The lowest BCUT2D eigenvalue weighted by molar-refractivity contribution is -0.127. The summed E-state index contributed by atoms with van der Waals surface area (Å²) in [5.74, 6) is 1.70. The maximum absolute atomic E-state index is 11.3. The minimum absolute atomic E-state index is 0.0245. The van der Waals surface area contributed by atoms with E-state index in [1.54, 1.807) is 36.5 Å². The molecule has 0 aliphatic rings. The number of likely N-dealkylation sites (N-methyl/N-ethyl adjacent to an activating group) is 2. The first-order valence-electron chi connectivity index (χ1n) is 7.88. The molecule has 0 aliphatic heterocycles. The van der Waals surface area contributed by atoms with Gasteiger partial charge in [0.25, 0.3) is 0 Å². The molecule has 130 valence electrons. The lowest BCUT2D eigenvalue weighted by Crippen LogP contribution is -2.33. The summed E-state index contributed by atoms with van der Waals surface area (Å²) in [5, 5.41) is 8.69. The van der Waals surface area contributed by atoms with Gasteiger partial charge < -0.3 is 14.5 Å². The molecular weight excluding hydrogens is 318 g/mol. The quantitative estimate of drug-likeness (QED) is 0.769. The number of anilines is 1. The van der Waals surface area contributed by atoms with Crippen LogP contribution in [0.15, 0.2) is 36.7 Å². The number of amides is 1. The molecule has 0 fully saturated rings. The van der Waals surface area contributed by atoms with Crippen LogP contribution in [0.2, 0.25) is 0 Å². The molecule has 1 aromatic heterocycles. The van der Waals surface area contributed by atoms with Gasteiger partial charge in [-0.25, -0.2) is 0 Å². The van der Waals surface area contributed by atoms with Crippen molar-refractivity contribution in [3.63, 3.8) is 0 Å². The molecule has 1 heterocycles. The zero-order valence-corrected chi connectivity index (χ0v) is 14.6. The third kappa shape index (κ3) is 5.46. The molecule has 0 spiro atoms. The topological polar surface area (TPSA) is 82.4 Å². The fraction of sp³-hybridized carbons (Fsp3) is 0.333. The van der Waals surface area contributed by atoms with Crippen molar-refractivity contribution in [3.8, 4) is 17.7 Å². The van der Waals surface area contributed by atoms with Crippen molar-refractivity contribution < 1.29 is 9.53 Å². The van der Waals surface area contributed by atoms with Gasteiger partial charge in [-0.3, -0.25) is 9.78 Å². The molecule has 0 saturated heterocycles. The van der Waals surface area contributed by atoms with E-state index in [0.717, 1.165) is 5.56 Å². The monoisotopic (exact) mass is 339 g/mol. The Morgan fingerprint density at radius 1 is 1.20 bits per heavy atom. The highest BCUT2D eigenvalue weighted by molar-refractivity contribution is 5.72. The molecule has 2 rings (SSSR count). The Kier molecular flexibility index (Phi) is 6.29. The number of rotatable bonds is 7. The predicted molar refractivity (Wildman–Crippen MR) is 94.4 cm³/mol. The van der Waals surface area contributed by atoms with Gasteiger partial charge in [-0.1, -0.05) is 12.1 Å². The SMILES string of the molecule is CC(=O)N(C)CCN(C)c1cncc(Oc2ccc(CC#N)cc2)n1. The van der Waals surface area contributed by atoms with Gasteiger partial charge in [0.2, 0.25) is 11.8 Å². The van der Waals surface area contributed by atoms with E-state index in [-0.39, 0.29) is 5.91 Å². The van der Waals surface area contributed by atoms with Crippen molar-refractivity contribution in [2.75, 3.05) is 32.1 Å². The van der Waals surface area contributed by atoms with Gasteiger partial charge in [0.15, 0.2) is 5.82 Å². The van der Waals surface area contributed by atoms with Crippen molar-refractivity contribution >= 4 is 11.7 Å². The van der Waals surface area contributed by atoms with Gasteiger partial charge in [-0.15, -0.1) is 0 Å².